The summed E-state index contributed by atoms with van der Waals surface area (Å²) in [4.78, 5) is 37.8. The summed E-state index contributed by atoms with van der Waals surface area (Å²) in [5.74, 6) is -1.25. The number of nitrogens with one attached hydrogen (secondary N) is 2. The molecule has 0 bridgehead atoms. The topological polar surface area (TPSA) is 105 Å². The minimum Gasteiger partial charge on any atom is -0.355 e. The monoisotopic (exact) mass is 350 g/mol. The summed E-state index contributed by atoms with van der Waals surface area (Å²) in [6.45, 7) is 2.75. The second-order valence-electron chi connectivity index (χ2n) is 5.97. The lowest BCUT2D eigenvalue weighted by Crippen LogP contribution is -2.46. The minimum atomic E-state index is -0.560. The molecule has 0 unspecified atom stereocenters. The number of nitrogens with two attached hydrogens (primary N) is 1. The van der Waals surface area contributed by atoms with Crippen molar-refractivity contribution in [2.45, 2.75) is 31.8 Å². The van der Waals surface area contributed by atoms with Gasteiger partial charge in [-0.25, -0.2) is 4.39 Å². The summed E-state index contributed by atoms with van der Waals surface area (Å²) in [6.07, 6.45) is 0.495. The van der Waals surface area contributed by atoms with Gasteiger partial charge in [0.2, 0.25) is 11.8 Å². The summed E-state index contributed by atoms with van der Waals surface area (Å²) in [5, 5.41) is 5.32. The molecule has 1 heterocycles. The quantitative estimate of drug-likeness (QED) is 0.672. The van der Waals surface area contributed by atoms with E-state index in [0.29, 0.717) is 25.1 Å². The van der Waals surface area contributed by atoms with Crippen LogP contribution in [0.15, 0.2) is 24.3 Å². The number of rotatable bonds is 6. The molecule has 0 spiro atoms. The molecule has 0 aliphatic carbocycles. The Bertz CT molecular complexity index is 635. The first kappa shape index (κ1) is 18.9. The van der Waals surface area contributed by atoms with Gasteiger partial charge < -0.3 is 21.3 Å². The van der Waals surface area contributed by atoms with Crippen LogP contribution in [0, 0.1) is 5.82 Å². The van der Waals surface area contributed by atoms with Crippen LogP contribution in [0.2, 0.25) is 0 Å². The van der Waals surface area contributed by atoms with Crippen molar-refractivity contribution in [3.05, 3.63) is 35.6 Å². The van der Waals surface area contributed by atoms with E-state index in [0.717, 1.165) is 0 Å². The Hall–Kier alpha value is -2.48. The summed E-state index contributed by atoms with van der Waals surface area (Å²) in [5.41, 5.74) is 6.19. The molecule has 8 heteroatoms. The van der Waals surface area contributed by atoms with Crippen LogP contribution in [0.3, 0.4) is 0 Å². The number of hydrogen-bond acceptors (Lipinski definition) is 4. The molecule has 2 atom stereocenters. The van der Waals surface area contributed by atoms with Crippen LogP contribution < -0.4 is 16.4 Å². The maximum absolute atomic E-state index is 12.8. The Morgan fingerprint density at radius 1 is 1.24 bits per heavy atom. The molecule has 1 aromatic carbocycles. The molecule has 25 heavy (non-hydrogen) atoms. The summed E-state index contributed by atoms with van der Waals surface area (Å²) < 4.78 is 12.8. The minimum absolute atomic E-state index is 0.0650. The van der Waals surface area contributed by atoms with Crippen molar-refractivity contribution < 1.29 is 18.8 Å². The summed E-state index contributed by atoms with van der Waals surface area (Å²) in [7, 11) is 0. The first-order valence-corrected chi connectivity index (χ1v) is 8.29. The molecule has 7 nitrogen and oxygen atoms in total. The zero-order valence-corrected chi connectivity index (χ0v) is 14.1. The number of amides is 3. The number of likely N-dealkylation sites (tertiary alicyclic amines) is 1. The Balaban J connectivity index is 1.85. The highest BCUT2D eigenvalue weighted by molar-refractivity contribution is 5.94. The van der Waals surface area contributed by atoms with Gasteiger partial charge in [0.05, 0.1) is 0 Å². The van der Waals surface area contributed by atoms with E-state index in [9.17, 15) is 18.8 Å². The van der Waals surface area contributed by atoms with E-state index in [1.807, 2.05) is 6.92 Å². The van der Waals surface area contributed by atoms with Crippen molar-refractivity contribution in [3.63, 3.8) is 0 Å². The molecule has 136 valence electrons. The SMILES string of the molecule is CCNC(=O)[C@@H]1C[C@@H](N)CN1C(=O)CCNC(=O)c1ccc(F)cc1. The van der Waals surface area contributed by atoms with Crippen LogP contribution >= 0.6 is 0 Å². The summed E-state index contributed by atoms with van der Waals surface area (Å²) >= 11 is 0. The van der Waals surface area contributed by atoms with E-state index in [4.69, 9.17) is 5.73 Å². The van der Waals surface area contributed by atoms with Crippen LogP contribution in [0.1, 0.15) is 30.1 Å². The number of nitrogens with zero attached hydrogens (tertiary/aromatic N) is 1. The molecular formula is C17H23FN4O3. The lowest BCUT2D eigenvalue weighted by Gasteiger charge is -2.23. The van der Waals surface area contributed by atoms with Crippen molar-refractivity contribution in [2.24, 2.45) is 5.73 Å². The lowest BCUT2D eigenvalue weighted by molar-refractivity contribution is -0.138. The van der Waals surface area contributed by atoms with Gasteiger partial charge >= 0.3 is 0 Å². The third-order valence-electron chi connectivity index (χ3n) is 4.04. The molecule has 0 saturated carbocycles. The Kier molecular flexibility index (Phi) is 6.46. The first-order valence-electron chi connectivity index (χ1n) is 8.29. The third kappa shape index (κ3) is 4.99. The van der Waals surface area contributed by atoms with Crippen molar-refractivity contribution in [1.29, 1.82) is 0 Å². The molecule has 1 saturated heterocycles. The second kappa shape index (κ2) is 8.57. The van der Waals surface area contributed by atoms with Gasteiger partial charge in [0.15, 0.2) is 0 Å². The first-order chi connectivity index (χ1) is 11.9. The largest absolute Gasteiger partial charge is 0.355 e. The van der Waals surface area contributed by atoms with Crippen LogP contribution in [0.25, 0.3) is 0 Å². The van der Waals surface area contributed by atoms with E-state index in [2.05, 4.69) is 10.6 Å². The van der Waals surface area contributed by atoms with Gasteiger partial charge in [0.25, 0.3) is 5.91 Å². The number of benzene rings is 1. The average molecular weight is 350 g/mol. The van der Waals surface area contributed by atoms with Gasteiger partial charge in [-0.15, -0.1) is 0 Å². The van der Waals surface area contributed by atoms with E-state index in [1.165, 1.54) is 29.2 Å². The Labute approximate surface area is 145 Å². The molecule has 1 aliphatic rings. The number of carbonyl (C=O) groups excluding carboxylic acids is 3. The van der Waals surface area contributed by atoms with Crippen molar-refractivity contribution in [2.75, 3.05) is 19.6 Å². The molecule has 4 N–H and O–H groups in total. The third-order valence-corrected chi connectivity index (χ3v) is 4.04. The van der Waals surface area contributed by atoms with Crippen molar-refractivity contribution >= 4 is 17.7 Å². The van der Waals surface area contributed by atoms with Crippen LogP contribution in [-0.4, -0.2) is 54.3 Å². The van der Waals surface area contributed by atoms with Crippen LogP contribution in [-0.2, 0) is 9.59 Å². The molecule has 0 aromatic heterocycles. The van der Waals surface area contributed by atoms with Gasteiger partial charge in [-0.3, -0.25) is 14.4 Å². The van der Waals surface area contributed by atoms with E-state index in [1.54, 1.807) is 0 Å². The normalized spacial score (nSPS) is 19.6. The molecule has 1 aliphatic heterocycles. The van der Waals surface area contributed by atoms with Crippen molar-refractivity contribution in [1.82, 2.24) is 15.5 Å². The lowest BCUT2D eigenvalue weighted by atomic mass is 10.1. The predicted molar refractivity (Wildman–Crippen MR) is 90.1 cm³/mol. The highest BCUT2D eigenvalue weighted by Crippen LogP contribution is 2.17. The van der Waals surface area contributed by atoms with E-state index >= 15 is 0 Å². The summed E-state index contributed by atoms with van der Waals surface area (Å²) in [6, 6.07) is 4.35. The molecule has 2 rings (SSSR count). The molecule has 3 amide bonds. The van der Waals surface area contributed by atoms with Gasteiger partial charge in [-0.05, 0) is 37.6 Å². The Morgan fingerprint density at radius 2 is 1.92 bits per heavy atom. The van der Waals surface area contributed by atoms with Gasteiger partial charge in [0, 0.05) is 37.7 Å². The highest BCUT2D eigenvalue weighted by Gasteiger charge is 2.37. The smallest absolute Gasteiger partial charge is 0.251 e. The zero-order valence-electron chi connectivity index (χ0n) is 14.1. The van der Waals surface area contributed by atoms with Crippen LogP contribution in [0.5, 0.6) is 0 Å². The number of hydrogen-bond donors (Lipinski definition) is 3. The van der Waals surface area contributed by atoms with E-state index in [-0.39, 0.29) is 36.7 Å². The number of halogens is 1. The van der Waals surface area contributed by atoms with Gasteiger partial charge in [0.1, 0.15) is 11.9 Å². The fraction of sp³-hybridized carbons (Fsp3) is 0.471. The van der Waals surface area contributed by atoms with Crippen LogP contribution in [0.4, 0.5) is 4.39 Å². The maximum Gasteiger partial charge on any atom is 0.251 e. The average Bonchev–Trinajstić information content (AvgIpc) is 2.97. The number of carbonyl (C=O) groups is 3. The van der Waals surface area contributed by atoms with E-state index < -0.39 is 11.9 Å². The second-order valence-corrected chi connectivity index (χ2v) is 5.97. The fourth-order valence-corrected chi connectivity index (χ4v) is 2.81. The predicted octanol–water partition coefficient (Wildman–Crippen LogP) is 0.00990. The zero-order chi connectivity index (χ0) is 18.4. The molecule has 1 aromatic rings. The standard InChI is InChI=1S/C17H23FN4O3/c1-2-20-17(25)14-9-13(19)10-22(14)15(23)7-8-21-16(24)11-3-5-12(18)6-4-11/h3-6,13-14H,2,7-10,19H2,1H3,(H,20,25)(H,21,24)/t13-,14+/m1/s1. The molecular weight excluding hydrogens is 327 g/mol. The van der Waals surface area contributed by atoms with Gasteiger partial charge in [-0.1, -0.05) is 0 Å². The highest BCUT2D eigenvalue weighted by atomic mass is 19.1. The Morgan fingerprint density at radius 3 is 2.56 bits per heavy atom. The fourth-order valence-electron chi connectivity index (χ4n) is 2.81. The molecule has 1 fully saturated rings. The maximum atomic E-state index is 12.8. The molecule has 0 radical (unpaired) electrons. The van der Waals surface area contributed by atoms with Crippen molar-refractivity contribution in [3.8, 4) is 0 Å². The van der Waals surface area contributed by atoms with Gasteiger partial charge in [-0.2, -0.15) is 0 Å². The number of likely N-dealkylation sites (N-methyl/N-ethyl adjacent to an activating group) is 1.